The first-order valence-electron chi connectivity index (χ1n) is 8.47. The molecule has 29 heavy (non-hydrogen) atoms. The van der Waals surface area contributed by atoms with Crippen molar-refractivity contribution in [2.24, 2.45) is 7.05 Å². The van der Waals surface area contributed by atoms with Crippen LogP contribution >= 0.6 is 0 Å². The number of nitrogens with one attached hydrogen (secondary N) is 3. The van der Waals surface area contributed by atoms with Crippen molar-refractivity contribution >= 4 is 34.6 Å². The van der Waals surface area contributed by atoms with E-state index in [1.165, 1.54) is 20.0 Å². The Morgan fingerprint density at radius 1 is 1.07 bits per heavy atom. The van der Waals surface area contributed by atoms with Crippen molar-refractivity contribution in [1.82, 2.24) is 20.5 Å². The Bertz CT molecular complexity index is 1060. The summed E-state index contributed by atoms with van der Waals surface area (Å²) in [7, 11) is 1.41. The van der Waals surface area contributed by atoms with E-state index < -0.39 is 41.2 Å². The zero-order chi connectivity index (χ0) is 21.7. The Labute approximate surface area is 164 Å². The lowest BCUT2D eigenvalue weighted by Crippen LogP contribution is -2.35. The maximum atomic E-state index is 12.4. The number of carboxylic acid groups (broad SMARTS) is 1. The van der Waals surface area contributed by atoms with Crippen LogP contribution in [0, 0.1) is 0 Å². The van der Waals surface area contributed by atoms with Gasteiger partial charge in [-0.25, -0.2) is 0 Å². The lowest BCUT2D eigenvalue weighted by atomic mass is 10.1. The van der Waals surface area contributed by atoms with E-state index in [0.29, 0.717) is 11.1 Å². The second kappa shape index (κ2) is 8.87. The number of benzene rings is 1. The molecule has 154 valence electrons. The van der Waals surface area contributed by atoms with E-state index in [2.05, 4.69) is 10.6 Å². The molecule has 0 saturated heterocycles. The number of aromatic hydroxyl groups is 1. The predicted molar refractivity (Wildman–Crippen MR) is 101 cm³/mol. The number of rotatable bonds is 7. The number of fused-ring (bicyclic) bond motifs is 1. The lowest BCUT2D eigenvalue weighted by molar-refractivity contribution is -0.135. The Morgan fingerprint density at radius 2 is 1.76 bits per heavy atom. The third-order valence-electron chi connectivity index (χ3n) is 4.05. The van der Waals surface area contributed by atoms with E-state index in [1.54, 1.807) is 12.1 Å². The molecule has 2 rings (SSSR count). The summed E-state index contributed by atoms with van der Waals surface area (Å²) in [5.41, 5.74) is -0.447. The van der Waals surface area contributed by atoms with Gasteiger partial charge in [0.15, 0.2) is 0 Å². The van der Waals surface area contributed by atoms with Crippen LogP contribution in [0.5, 0.6) is 5.75 Å². The van der Waals surface area contributed by atoms with Gasteiger partial charge in [0, 0.05) is 25.9 Å². The normalized spacial score (nSPS) is 10.4. The highest BCUT2D eigenvalue weighted by molar-refractivity contribution is 6.03. The fourth-order valence-electron chi connectivity index (χ4n) is 2.61. The first-order valence-corrected chi connectivity index (χ1v) is 8.47. The van der Waals surface area contributed by atoms with Gasteiger partial charge in [-0.2, -0.15) is 0 Å². The topological polar surface area (TPSA) is 167 Å². The van der Waals surface area contributed by atoms with Crippen LogP contribution in [0.2, 0.25) is 0 Å². The zero-order valence-electron chi connectivity index (χ0n) is 15.7. The highest BCUT2D eigenvalue weighted by Crippen LogP contribution is 2.27. The summed E-state index contributed by atoms with van der Waals surface area (Å²) in [6, 6.07) is 4.67. The van der Waals surface area contributed by atoms with Crippen molar-refractivity contribution in [3.8, 4) is 5.75 Å². The molecule has 1 aromatic heterocycles. The molecule has 11 nitrogen and oxygen atoms in total. The molecule has 11 heteroatoms. The van der Waals surface area contributed by atoms with Gasteiger partial charge < -0.3 is 30.7 Å². The molecule has 0 radical (unpaired) electrons. The maximum absolute atomic E-state index is 12.4. The lowest BCUT2D eigenvalue weighted by Gasteiger charge is -2.13. The van der Waals surface area contributed by atoms with Crippen LogP contribution in [0.1, 0.15) is 22.8 Å². The van der Waals surface area contributed by atoms with Crippen LogP contribution in [-0.2, 0) is 28.0 Å². The monoisotopic (exact) mass is 404 g/mol. The summed E-state index contributed by atoms with van der Waals surface area (Å²) < 4.78 is 1.16. The fourth-order valence-corrected chi connectivity index (χ4v) is 2.61. The molecule has 0 spiro atoms. The number of hydrogen-bond donors (Lipinski definition) is 5. The number of aromatic nitrogens is 1. The van der Waals surface area contributed by atoms with Gasteiger partial charge in [-0.15, -0.1) is 0 Å². The van der Waals surface area contributed by atoms with Crippen molar-refractivity contribution in [2.75, 3.05) is 13.1 Å². The SMILES string of the molecule is CC(=O)NCC(=O)NCc1ccc2c(c1)c(O)c(C(=O)NCC(=O)O)c(=O)n2C. The standard InChI is InChI=1S/C18H20N4O7/c1-9(23)19-7-13(24)20-6-10-3-4-12-11(5-10)16(27)15(18(29)22(12)2)17(28)21-8-14(25)26/h3-5,27H,6-8H2,1-2H3,(H,19,23)(H,20,24)(H,21,28)(H,25,26). The molecule has 1 heterocycles. The third-order valence-corrected chi connectivity index (χ3v) is 4.05. The van der Waals surface area contributed by atoms with Crippen molar-refractivity contribution in [1.29, 1.82) is 0 Å². The van der Waals surface area contributed by atoms with Crippen LogP contribution in [0.15, 0.2) is 23.0 Å². The highest BCUT2D eigenvalue weighted by Gasteiger charge is 2.21. The summed E-state index contributed by atoms with van der Waals surface area (Å²) in [6.45, 7) is 0.474. The number of carboxylic acids is 1. The van der Waals surface area contributed by atoms with E-state index >= 15 is 0 Å². The van der Waals surface area contributed by atoms with E-state index in [0.717, 1.165) is 4.57 Å². The predicted octanol–water partition coefficient (Wildman–Crippen LogP) is -1.19. The van der Waals surface area contributed by atoms with Crippen molar-refractivity contribution in [3.63, 3.8) is 0 Å². The molecule has 3 amide bonds. The maximum Gasteiger partial charge on any atom is 0.322 e. The largest absolute Gasteiger partial charge is 0.506 e. The number of aliphatic carboxylic acids is 1. The summed E-state index contributed by atoms with van der Waals surface area (Å²) in [5.74, 6) is -3.66. The van der Waals surface area contributed by atoms with Gasteiger partial charge in [0.1, 0.15) is 17.9 Å². The Morgan fingerprint density at radius 3 is 2.38 bits per heavy atom. The molecule has 0 saturated carbocycles. The van der Waals surface area contributed by atoms with Gasteiger partial charge in [-0.1, -0.05) is 6.07 Å². The Hall–Kier alpha value is -3.89. The average molecular weight is 404 g/mol. The molecular weight excluding hydrogens is 384 g/mol. The second-order valence-corrected chi connectivity index (χ2v) is 6.20. The quantitative estimate of drug-likeness (QED) is 0.387. The van der Waals surface area contributed by atoms with E-state index in [9.17, 15) is 29.1 Å². The number of nitrogens with zero attached hydrogens (tertiary/aromatic N) is 1. The molecule has 0 fully saturated rings. The number of carbonyl (C=O) groups excluding carboxylic acids is 3. The summed E-state index contributed by atoms with van der Waals surface area (Å²) in [6.07, 6.45) is 0. The molecule has 0 aliphatic heterocycles. The van der Waals surface area contributed by atoms with Crippen LogP contribution in [0.25, 0.3) is 10.9 Å². The van der Waals surface area contributed by atoms with Gasteiger partial charge in [-0.05, 0) is 17.7 Å². The van der Waals surface area contributed by atoms with Gasteiger partial charge in [0.2, 0.25) is 11.8 Å². The number of pyridine rings is 1. The molecule has 2 aromatic rings. The van der Waals surface area contributed by atoms with Crippen molar-refractivity contribution in [3.05, 3.63) is 39.7 Å². The minimum absolute atomic E-state index is 0.0805. The Balaban J connectivity index is 2.34. The minimum Gasteiger partial charge on any atom is -0.506 e. The number of aryl methyl sites for hydroxylation is 1. The van der Waals surface area contributed by atoms with E-state index in [-0.39, 0.29) is 24.4 Å². The van der Waals surface area contributed by atoms with Crippen LogP contribution in [0.4, 0.5) is 0 Å². The number of hydrogen-bond acceptors (Lipinski definition) is 6. The van der Waals surface area contributed by atoms with Crippen LogP contribution in [-0.4, -0.2) is 51.6 Å². The van der Waals surface area contributed by atoms with Gasteiger partial charge in [0.25, 0.3) is 11.5 Å². The first-order chi connectivity index (χ1) is 13.6. The fraction of sp³-hybridized carbons (Fsp3) is 0.278. The third kappa shape index (κ3) is 5.09. The Kier molecular flexibility index (Phi) is 6.55. The zero-order valence-corrected chi connectivity index (χ0v) is 15.7. The molecule has 1 aromatic carbocycles. The van der Waals surface area contributed by atoms with E-state index in [4.69, 9.17) is 5.11 Å². The molecular formula is C18H20N4O7. The molecule has 0 aliphatic carbocycles. The molecule has 0 aliphatic rings. The van der Waals surface area contributed by atoms with Gasteiger partial charge in [0.05, 0.1) is 12.1 Å². The van der Waals surface area contributed by atoms with Gasteiger partial charge >= 0.3 is 5.97 Å². The smallest absolute Gasteiger partial charge is 0.322 e. The van der Waals surface area contributed by atoms with Gasteiger partial charge in [-0.3, -0.25) is 24.0 Å². The second-order valence-electron chi connectivity index (χ2n) is 6.20. The highest BCUT2D eigenvalue weighted by atomic mass is 16.4. The van der Waals surface area contributed by atoms with Crippen LogP contribution in [0.3, 0.4) is 0 Å². The minimum atomic E-state index is -1.30. The number of amides is 3. The van der Waals surface area contributed by atoms with Crippen molar-refractivity contribution in [2.45, 2.75) is 13.5 Å². The first kappa shape index (κ1) is 21.4. The van der Waals surface area contributed by atoms with E-state index in [1.807, 2.05) is 5.32 Å². The van der Waals surface area contributed by atoms with Crippen LogP contribution < -0.4 is 21.5 Å². The molecule has 5 N–H and O–H groups in total. The average Bonchev–Trinajstić information content (AvgIpc) is 2.67. The summed E-state index contributed by atoms with van der Waals surface area (Å²) in [5, 5.41) is 26.3. The molecule has 0 bridgehead atoms. The summed E-state index contributed by atoms with van der Waals surface area (Å²) in [4.78, 5) is 57.7. The summed E-state index contributed by atoms with van der Waals surface area (Å²) >= 11 is 0. The number of carbonyl (C=O) groups is 4. The van der Waals surface area contributed by atoms with Crippen molar-refractivity contribution < 1.29 is 29.4 Å². The molecule has 0 atom stereocenters. The molecule has 0 unspecified atom stereocenters.